The molecule has 2 rings (SSSR count). The van der Waals surface area contributed by atoms with Crippen LogP contribution in [0.15, 0.2) is 48.5 Å². The van der Waals surface area contributed by atoms with Crippen LogP contribution in [-0.4, -0.2) is 32.1 Å². The monoisotopic (exact) mass is 345 g/mol. The number of hydrogen-bond acceptors (Lipinski definition) is 4. The van der Waals surface area contributed by atoms with Crippen LogP contribution in [-0.2, 0) is 9.53 Å². The van der Waals surface area contributed by atoms with Crippen LogP contribution in [0, 0.1) is 5.82 Å². The molecule has 0 heterocycles. The number of hydrogen-bond donors (Lipinski definition) is 1. The van der Waals surface area contributed by atoms with Gasteiger partial charge in [-0.25, -0.2) is 9.18 Å². The average Bonchev–Trinajstić information content (AvgIpc) is 2.64. The number of nitrogens with one attached hydrogen (secondary N) is 1. The van der Waals surface area contributed by atoms with Crippen molar-refractivity contribution in [2.24, 2.45) is 0 Å². The molecule has 0 radical (unpaired) electrons. The van der Waals surface area contributed by atoms with Crippen LogP contribution in [0.1, 0.15) is 28.8 Å². The Labute approximate surface area is 145 Å². The van der Waals surface area contributed by atoms with Gasteiger partial charge in [-0.2, -0.15) is 0 Å². The molecule has 0 aliphatic heterocycles. The van der Waals surface area contributed by atoms with Crippen molar-refractivity contribution >= 4 is 11.9 Å². The zero-order valence-electron chi connectivity index (χ0n) is 14.1. The topological polar surface area (TPSA) is 64.6 Å². The standard InChI is InChI=1S/C19H20FNO4/c1-13(14-6-4-3-5-7-14)11-21-18(22)12-25-19(23)15-8-9-17(24-2)16(20)10-15/h3-10,13H,11-12H2,1-2H3,(H,21,22)/t13-/m0/s1. The molecule has 0 aromatic heterocycles. The Morgan fingerprint density at radius 2 is 1.88 bits per heavy atom. The zero-order chi connectivity index (χ0) is 18.2. The van der Waals surface area contributed by atoms with Gasteiger partial charge in [-0.3, -0.25) is 4.79 Å². The number of carbonyl (C=O) groups is 2. The van der Waals surface area contributed by atoms with Crippen molar-refractivity contribution in [2.45, 2.75) is 12.8 Å². The van der Waals surface area contributed by atoms with Crippen molar-refractivity contribution in [1.29, 1.82) is 0 Å². The smallest absolute Gasteiger partial charge is 0.338 e. The van der Waals surface area contributed by atoms with Gasteiger partial charge in [0.1, 0.15) is 0 Å². The fourth-order valence-corrected chi connectivity index (χ4v) is 2.23. The number of rotatable bonds is 7. The number of benzene rings is 2. The summed E-state index contributed by atoms with van der Waals surface area (Å²) < 4.78 is 23.2. The summed E-state index contributed by atoms with van der Waals surface area (Å²) in [7, 11) is 1.33. The Morgan fingerprint density at radius 3 is 2.52 bits per heavy atom. The highest BCUT2D eigenvalue weighted by Crippen LogP contribution is 2.18. The first-order chi connectivity index (χ1) is 12.0. The lowest BCUT2D eigenvalue weighted by Crippen LogP contribution is -2.31. The highest BCUT2D eigenvalue weighted by atomic mass is 19.1. The van der Waals surface area contributed by atoms with E-state index in [4.69, 9.17) is 9.47 Å². The predicted molar refractivity (Wildman–Crippen MR) is 91.1 cm³/mol. The van der Waals surface area contributed by atoms with Crippen LogP contribution in [0.3, 0.4) is 0 Å². The normalized spacial score (nSPS) is 11.5. The van der Waals surface area contributed by atoms with Crippen LogP contribution < -0.4 is 10.1 Å². The molecular formula is C19H20FNO4. The molecule has 0 saturated heterocycles. The average molecular weight is 345 g/mol. The largest absolute Gasteiger partial charge is 0.494 e. The molecule has 0 aliphatic rings. The molecule has 2 aromatic rings. The lowest BCUT2D eigenvalue weighted by atomic mass is 10.0. The van der Waals surface area contributed by atoms with Crippen LogP contribution >= 0.6 is 0 Å². The summed E-state index contributed by atoms with van der Waals surface area (Å²) in [5.41, 5.74) is 1.12. The second-order valence-corrected chi connectivity index (χ2v) is 5.54. The molecule has 132 valence electrons. The molecule has 0 fully saturated rings. The van der Waals surface area contributed by atoms with Gasteiger partial charge >= 0.3 is 5.97 Å². The third kappa shape index (κ3) is 5.31. The van der Waals surface area contributed by atoms with E-state index in [1.807, 2.05) is 37.3 Å². The van der Waals surface area contributed by atoms with E-state index in [-0.39, 0.29) is 17.2 Å². The van der Waals surface area contributed by atoms with E-state index in [9.17, 15) is 14.0 Å². The van der Waals surface area contributed by atoms with E-state index < -0.39 is 24.3 Å². The van der Waals surface area contributed by atoms with Gasteiger partial charge < -0.3 is 14.8 Å². The number of methoxy groups -OCH3 is 1. The van der Waals surface area contributed by atoms with Gasteiger partial charge in [0.15, 0.2) is 18.2 Å². The van der Waals surface area contributed by atoms with Crippen LogP contribution in [0.25, 0.3) is 0 Å². The number of halogens is 1. The Bertz CT molecular complexity index is 733. The van der Waals surface area contributed by atoms with Crippen LogP contribution in [0.2, 0.25) is 0 Å². The van der Waals surface area contributed by atoms with E-state index in [1.54, 1.807) is 0 Å². The maximum absolute atomic E-state index is 13.6. The SMILES string of the molecule is COc1ccc(C(=O)OCC(=O)NC[C@H](C)c2ccccc2)cc1F. The Balaban J connectivity index is 1.79. The lowest BCUT2D eigenvalue weighted by Gasteiger charge is -2.13. The maximum atomic E-state index is 13.6. The first kappa shape index (κ1) is 18.4. The number of ether oxygens (including phenoxy) is 2. The minimum absolute atomic E-state index is 0.0174. The van der Waals surface area contributed by atoms with Gasteiger partial charge in [-0.1, -0.05) is 37.3 Å². The second kappa shape index (κ2) is 8.82. The number of esters is 1. The van der Waals surface area contributed by atoms with E-state index in [1.165, 1.54) is 19.2 Å². The van der Waals surface area contributed by atoms with Gasteiger partial charge in [0.2, 0.25) is 0 Å². The molecule has 1 atom stereocenters. The van der Waals surface area contributed by atoms with E-state index in [0.29, 0.717) is 6.54 Å². The first-order valence-corrected chi connectivity index (χ1v) is 7.83. The van der Waals surface area contributed by atoms with Gasteiger partial charge in [-0.05, 0) is 29.7 Å². The Kier molecular flexibility index (Phi) is 6.51. The molecule has 0 aliphatic carbocycles. The maximum Gasteiger partial charge on any atom is 0.338 e. The molecule has 5 nitrogen and oxygen atoms in total. The summed E-state index contributed by atoms with van der Waals surface area (Å²) in [6.07, 6.45) is 0. The van der Waals surface area contributed by atoms with E-state index >= 15 is 0 Å². The second-order valence-electron chi connectivity index (χ2n) is 5.54. The Hall–Kier alpha value is -2.89. The van der Waals surface area contributed by atoms with Crippen molar-refractivity contribution in [3.05, 3.63) is 65.5 Å². The van der Waals surface area contributed by atoms with Crippen molar-refractivity contribution in [1.82, 2.24) is 5.32 Å². The first-order valence-electron chi connectivity index (χ1n) is 7.83. The van der Waals surface area contributed by atoms with Crippen molar-refractivity contribution < 1.29 is 23.5 Å². The summed E-state index contributed by atoms with van der Waals surface area (Å²) >= 11 is 0. The zero-order valence-corrected chi connectivity index (χ0v) is 14.1. The number of carbonyl (C=O) groups excluding carboxylic acids is 2. The van der Waals surface area contributed by atoms with Gasteiger partial charge in [0.25, 0.3) is 5.91 Å². The predicted octanol–water partition coefficient (Wildman–Crippen LogP) is 2.91. The Morgan fingerprint density at radius 1 is 1.16 bits per heavy atom. The lowest BCUT2D eigenvalue weighted by molar-refractivity contribution is -0.124. The minimum Gasteiger partial charge on any atom is -0.494 e. The molecule has 1 amide bonds. The van der Waals surface area contributed by atoms with Crippen LogP contribution in [0.5, 0.6) is 5.75 Å². The third-order valence-electron chi connectivity index (χ3n) is 3.70. The molecule has 0 bridgehead atoms. The molecule has 0 unspecified atom stereocenters. The molecule has 2 aromatic carbocycles. The van der Waals surface area contributed by atoms with E-state index in [2.05, 4.69) is 5.32 Å². The molecule has 25 heavy (non-hydrogen) atoms. The van der Waals surface area contributed by atoms with Crippen molar-refractivity contribution in [3.63, 3.8) is 0 Å². The van der Waals surface area contributed by atoms with E-state index in [0.717, 1.165) is 11.6 Å². The molecule has 0 spiro atoms. The molecular weight excluding hydrogens is 325 g/mol. The quantitative estimate of drug-likeness (QED) is 0.784. The highest BCUT2D eigenvalue weighted by molar-refractivity contribution is 5.91. The summed E-state index contributed by atoms with van der Waals surface area (Å²) in [6.45, 7) is 1.99. The van der Waals surface area contributed by atoms with Crippen molar-refractivity contribution in [2.75, 3.05) is 20.3 Å². The third-order valence-corrected chi connectivity index (χ3v) is 3.70. The summed E-state index contributed by atoms with van der Waals surface area (Å²) in [5, 5.41) is 2.71. The summed E-state index contributed by atoms with van der Waals surface area (Å²) in [4.78, 5) is 23.7. The van der Waals surface area contributed by atoms with Gasteiger partial charge in [-0.15, -0.1) is 0 Å². The fourth-order valence-electron chi connectivity index (χ4n) is 2.23. The summed E-state index contributed by atoms with van der Waals surface area (Å²) in [6, 6.07) is 13.5. The van der Waals surface area contributed by atoms with Crippen molar-refractivity contribution in [3.8, 4) is 5.75 Å². The van der Waals surface area contributed by atoms with Gasteiger partial charge in [0, 0.05) is 6.54 Å². The molecule has 1 N–H and O–H groups in total. The van der Waals surface area contributed by atoms with Gasteiger partial charge in [0.05, 0.1) is 12.7 Å². The molecule has 6 heteroatoms. The highest BCUT2D eigenvalue weighted by Gasteiger charge is 2.14. The molecule has 0 saturated carbocycles. The summed E-state index contributed by atoms with van der Waals surface area (Å²) in [5.74, 6) is -1.68. The minimum atomic E-state index is -0.771. The van der Waals surface area contributed by atoms with Crippen LogP contribution in [0.4, 0.5) is 4.39 Å². The number of amides is 1. The fraction of sp³-hybridized carbons (Fsp3) is 0.263.